The topological polar surface area (TPSA) is 0 Å². The van der Waals surface area contributed by atoms with E-state index in [9.17, 15) is 0 Å². The van der Waals surface area contributed by atoms with Crippen molar-refractivity contribution >= 4 is 0 Å². The third kappa shape index (κ3) is 3.67. The van der Waals surface area contributed by atoms with E-state index in [1.807, 2.05) is 0 Å². The van der Waals surface area contributed by atoms with Crippen molar-refractivity contribution in [1.82, 2.24) is 0 Å². The third-order valence-electron chi connectivity index (χ3n) is 11.3. The predicted octanol–water partition coefficient (Wildman–Crippen LogP) is 9.05. The number of allylic oxidation sites excluding steroid dienone is 2. The standard InChI is InChI=1S/C29H50/c1-7-22(20(2)3)12-11-21(4)25-15-16-26-24-14-13-23-10-8-9-18-28(23,5)27(24)17-19-29(25,26)6/h7,20-21,23-27H,8-19H2,1-6H3/b22-7-/t21-,23?,24+,25-,26+,27+,28+,29-/m1/s1. The molecule has 0 saturated heterocycles. The first-order valence-corrected chi connectivity index (χ1v) is 13.5. The maximum atomic E-state index is 2.75. The zero-order valence-corrected chi connectivity index (χ0v) is 20.6. The van der Waals surface area contributed by atoms with E-state index < -0.39 is 0 Å². The summed E-state index contributed by atoms with van der Waals surface area (Å²) in [5, 5.41) is 0. The Morgan fingerprint density at radius 2 is 1.62 bits per heavy atom. The summed E-state index contributed by atoms with van der Waals surface area (Å²) < 4.78 is 0. The summed E-state index contributed by atoms with van der Waals surface area (Å²) in [6, 6.07) is 0. The summed E-state index contributed by atoms with van der Waals surface area (Å²) >= 11 is 0. The van der Waals surface area contributed by atoms with Crippen LogP contribution in [0.25, 0.3) is 0 Å². The van der Waals surface area contributed by atoms with Crippen LogP contribution in [0.5, 0.6) is 0 Å². The van der Waals surface area contributed by atoms with Gasteiger partial charge in [-0.2, -0.15) is 0 Å². The summed E-state index contributed by atoms with van der Waals surface area (Å²) in [4.78, 5) is 0. The summed E-state index contributed by atoms with van der Waals surface area (Å²) in [5.41, 5.74) is 3.03. The third-order valence-corrected chi connectivity index (χ3v) is 11.3. The molecule has 0 amide bonds. The quantitative estimate of drug-likeness (QED) is 0.405. The zero-order chi connectivity index (χ0) is 20.8. The van der Waals surface area contributed by atoms with Gasteiger partial charge < -0.3 is 0 Å². The molecule has 0 bridgehead atoms. The molecule has 4 saturated carbocycles. The van der Waals surface area contributed by atoms with Crippen molar-refractivity contribution in [2.45, 2.75) is 119 Å². The Morgan fingerprint density at radius 1 is 0.862 bits per heavy atom. The molecular formula is C29H50. The Morgan fingerprint density at radius 3 is 2.34 bits per heavy atom. The second-order valence-corrected chi connectivity index (χ2v) is 12.7. The van der Waals surface area contributed by atoms with Crippen LogP contribution < -0.4 is 0 Å². The monoisotopic (exact) mass is 398 g/mol. The Hall–Kier alpha value is -0.260. The second-order valence-electron chi connectivity index (χ2n) is 12.7. The molecule has 0 radical (unpaired) electrons. The minimum atomic E-state index is 0.645. The van der Waals surface area contributed by atoms with Gasteiger partial charge in [0, 0.05) is 0 Å². The van der Waals surface area contributed by atoms with Crippen LogP contribution in [0.2, 0.25) is 0 Å². The summed E-state index contributed by atoms with van der Waals surface area (Å²) in [6.45, 7) is 15.1. The first-order valence-electron chi connectivity index (χ1n) is 13.5. The Bertz CT molecular complexity index is 599. The minimum Gasteiger partial charge on any atom is -0.0882 e. The highest BCUT2D eigenvalue weighted by Gasteiger charge is 2.60. The van der Waals surface area contributed by atoms with Crippen LogP contribution >= 0.6 is 0 Å². The molecule has 0 heteroatoms. The minimum absolute atomic E-state index is 0.645. The lowest BCUT2D eigenvalue weighted by molar-refractivity contribution is -0.114. The van der Waals surface area contributed by atoms with Gasteiger partial charge in [0.05, 0.1) is 0 Å². The molecule has 0 aromatic heterocycles. The first kappa shape index (κ1) is 22.0. The highest BCUT2D eigenvalue weighted by atomic mass is 14.6. The molecule has 4 aliphatic rings. The lowest BCUT2D eigenvalue weighted by Gasteiger charge is -2.61. The molecule has 0 aromatic rings. The molecule has 4 fully saturated rings. The Kier molecular flexibility index (Phi) is 6.32. The smallest absolute Gasteiger partial charge is 0.0260 e. The van der Waals surface area contributed by atoms with E-state index in [0.29, 0.717) is 10.8 Å². The van der Waals surface area contributed by atoms with Crippen LogP contribution in [-0.4, -0.2) is 0 Å². The molecule has 0 N–H and O–H groups in total. The van der Waals surface area contributed by atoms with Gasteiger partial charge >= 0.3 is 0 Å². The second kappa shape index (κ2) is 8.35. The van der Waals surface area contributed by atoms with Gasteiger partial charge in [0.15, 0.2) is 0 Å². The molecule has 0 aromatic carbocycles. The molecule has 0 spiro atoms. The first-order chi connectivity index (χ1) is 13.8. The molecule has 0 nitrogen and oxygen atoms in total. The van der Waals surface area contributed by atoms with Gasteiger partial charge in [-0.1, -0.05) is 59.1 Å². The fraction of sp³-hybridized carbons (Fsp3) is 0.931. The molecular weight excluding hydrogens is 348 g/mol. The van der Waals surface area contributed by atoms with E-state index in [2.05, 4.69) is 47.6 Å². The average molecular weight is 399 g/mol. The predicted molar refractivity (Wildman–Crippen MR) is 127 cm³/mol. The highest BCUT2D eigenvalue weighted by Crippen LogP contribution is 2.68. The maximum absolute atomic E-state index is 2.75. The Labute approximate surface area is 182 Å². The fourth-order valence-corrected chi connectivity index (χ4v) is 9.63. The van der Waals surface area contributed by atoms with E-state index in [1.54, 1.807) is 44.1 Å². The lowest BCUT2D eigenvalue weighted by Crippen LogP contribution is -2.53. The van der Waals surface area contributed by atoms with Crippen molar-refractivity contribution < 1.29 is 0 Å². The van der Waals surface area contributed by atoms with Crippen LogP contribution in [0, 0.1) is 52.3 Å². The van der Waals surface area contributed by atoms with Crippen molar-refractivity contribution in [2.75, 3.05) is 0 Å². The summed E-state index contributed by atoms with van der Waals surface area (Å²) in [5.74, 6) is 6.83. The van der Waals surface area contributed by atoms with Crippen molar-refractivity contribution in [2.24, 2.45) is 52.3 Å². The molecule has 0 heterocycles. The number of fused-ring (bicyclic) bond motifs is 5. The van der Waals surface area contributed by atoms with Crippen LogP contribution in [0.3, 0.4) is 0 Å². The zero-order valence-electron chi connectivity index (χ0n) is 20.6. The summed E-state index contributed by atoms with van der Waals surface area (Å²) in [7, 11) is 0. The van der Waals surface area contributed by atoms with E-state index in [0.717, 1.165) is 41.4 Å². The van der Waals surface area contributed by atoms with Gasteiger partial charge in [-0.3, -0.25) is 0 Å². The van der Waals surface area contributed by atoms with E-state index in [4.69, 9.17) is 0 Å². The van der Waals surface area contributed by atoms with Crippen molar-refractivity contribution in [3.8, 4) is 0 Å². The molecule has 0 aliphatic heterocycles. The van der Waals surface area contributed by atoms with Crippen LogP contribution in [0.4, 0.5) is 0 Å². The molecule has 8 atom stereocenters. The van der Waals surface area contributed by atoms with Crippen molar-refractivity contribution in [3.63, 3.8) is 0 Å². The number of rotatable bonds is 5. The van der Waals surface area contributed by atoms with E-state index >= 15 is 0 Å². The van der Waals surface area contributed by atoms with Gasteiger partial charge in [0.2, 0.25) is 0 Å². The van der Waals surface area contributed by atoms with Crippen LogP contribution in [0.1, 0.15) is 119 Å². The molecule has 1 unspecified atom stereocenters. The molecule has 4 rings (SSSR count). The van der Waals surface area contributed by atoms with Gasteiger partial charge in [0.25, 0.3) is 0 Å². The highest BCUT2D eigenvalue weighted by molar-refractivity contribution is 5.10. The number of hydrogen-bond donors (Lipinski definition) is 0. The van der Waals surface area contributed by atoms with Crippen LogP contribution in [0.15, 0.2) is 11.6 Å². The van der Waals surface area contributed by atoms with E-state index in [1.165, 1.54) is 38.5 Å². The molecule has 4 aliphatic carbocycles. The van der Waals surface area contributed by atoms with Gasteiger partial charge in [-0.05, 0) is 123 Å². The average Bonchev–Trinajstić information content (AvgIpc) is 3.05. The van der Waals surface area contributed by atoms with Crippen LogP contribution in [-0.2, 0) is 0 Å². The summed E-state index contributed by atoms with van der Waals surface area (Å²) in [6.07, 6.45) is 20.6. The lowest BCUT2D eigenvalue weighted by atomic mass is 9.44. The van der Waals surface area contributed by atoms with Crippen molar-refractivity contribution in [1.29, 1.82) is 0 Å². The normalized spacial score (nSPS) is 46.2. The van der Waals surface area contributed by atoms with Gasteiger partial charge in [0.1, 0.15) is 0 Å². The Balaban J connectivity index is 1.46. The molecule has 166 valence electrons. The number of hydrogen-bond acceptors (Lipinski definition) is 0. The maximum Gasteiger partial charge on any atom is -0.0260 e. The molecule has 29 heavy (non-hydrogen) atoms. The largest absolute Gasteiger partial charge is 0.0882 e. The van der Waals surface area contributed by atoms with Crippen molar-refractivity contribution in [3.05, 3.63) is 11.6 Å². The van der Waals surface area contributed by atoms with E-state index in [-0.39, 0.29) is 0 Å². The fourth-order valence-electron chi connectivity index (χ4n) is 9.63. The van der Waals surface area contributed by atoms with Gasteiger partial charge in [-0.15, -0.1) is 0 Å². The van der Waals surface area contributed by atoms with Gasteiger partial charge in [-0.25, -0.2) is 0 Å². The SMILES string of the molecule is C/C=C(/CC[C@@H](C)[C@H]1CC[C@H]2[C@@H]3CCC4CCCC[C@]4(C)[C@H]3CC[C@]12C)C(C)C.